The lowest BCUT2D eigenvalue weighted by molar-refractivity contribution is -0.123. The highest BCUT2D eigenvalue weighted by molar-refractivity contribution is 8.18. The second-order valence-corrected chi connectivity index (χ2v) is 7.96. The topological polar surface area (TPSA) is 46.6 Å². The van der Waals surface area contributed by atoms with Gasteiger partial charge < -0.3 is 4.74 Å². The monoisotopic (exact) mass is 423 g/mol. The van der Waals surface area contributed by atoms with Crippen molar-refractivity contribution in [2.75, 3.05) is 6.61 Å². The van der Waals surface area contributed by atoms with Crippen LogP contribution in [0.25, 0.3) is 16.8 Å². The minimum atomic E-state index is -0.301. The molecule has 0 aliphatic carbocycles. The molecule has 1 fully saturated rings. The van der Waals surface area contributed by atoms with E-state index in [9.17, 15) is 9.59 Å². The van der Waals surface area contributed by atoms with Gasteiger partial charge in [-0.25, -0.2) is 0 Å². The van der Waals surface area contributed by atoms with E-state index in [4.69, 9.17) is 16.3 Å². The van der Waals surface area contributed by atoms with E-state index in [0.717, 1.165) is 33.7 Å². The highest BCUT2D eigenvalue weighted by Gasteiger charge is 2.35. The SMILES string of the molecule is CCOc1ccc2ccccc2c1/C=C1\SC(=O)N(Cc2ccc(Cl)cc2)C1=O. The summed E-state index contributed by atoms with van der Waals surface area (Å²) in [4.78, 5) is 27.1. The number of carbonyl (C=O) groups is 2. The molecular weight excluding hydrogens is 406 g/mol. The van der Waals surface area contributed by atoms with Crippen molar-refractivity contribution < 1.29 is 14.3 Å². The molecule has 4 nitrogen and oxygen atoms in total. The predicted molar refractivity (Wildman–Crippen MR) is 118 cm³/mol. The normalized spacial score (nSPS) is 15.5. The highest BCUT2D eigenvalue weighted by Crippen LogP contribution is 2.37. The fraction of sp³-hybridized carbons (Fsp3) is 0.130. The molecule has 0 N–H and O–H groups in total. The number of benzene rings is 3. The third-order valence-corrected chi connectivity index (χ3v) is 5.79. The van der Waals surface area contributed by atoms with E-state index in [1.165, 1.54) is 4.90 Å². The minimum absolute atomic E-state index is 0.215. The molecule has 1 aliphatic heterocycles. The van der Waals surface area contributed by atoms with Crippen molar-refractivity contribution >= 4 is 51.4 Å². The fourth-order valence-corrected chi connectivity index (χ4v) is 4.19. The summed E-state index contributed by atoms with van der Waals surface area (Å²) in [7, 11) is 0. The quantitative estimate of drug-likeness (QED) is 0.463. The summed E-state index contributed by atoms with van der Waals surface area (Å²) < 4.78 is 5.77. The minimum Gasteiger partial charge on any atom is -0.493 e. The van der Waals surface area contributed by atoms with Crippen LogP contribution in [0, 0.1) is 0 Å². The molecular formula is C23H18ClNO3S. The molecule has 1 aliphatic rings. The first-order valence-corrected chi connectivity index (χ1v) is 10.4. The number of nitrogens with zero attached hydrogens (tertiary/aromatic N) is 1. The summed E-state index contributed by atoms with van der Waals surface area (Å²) in [6.45, 7) is 2.64. The Morgan fingerprint density at radius 1 is 1.03 bits per heavy atom. The number of fused-ring (bicyclic) bond motifs is 1. The number of thioether (sulfide) groups is 1. The van der Waals surface area contributed by atoms with Gasteiger partial charge in [0.25, 0.3) is 11.1 Å². The molecule has 2 amide bonds. The van der Waals surface area contributed by atoms with Gasteiger partial charge in [-0.3, -0.25) is 14.5 Å². The van der Waals surface area contributed by atoms with Gasteiger partial charge in [0, 0.05) is 10.6 Å². The van der Waals surface area contributed by atoms with Crippen molar-refractivity contribution in [1.29, 1.82) is 0 Å². The third kappa shape index (κ3) is 4.02. The fourth-order valence-electron chi connectivity index (χ4n) is 3.25. The molecule has 0 radical (unpaired) electrons. The molecule has 1 saturated heterocycles. The maximum atomic E-state index is 12.9. The zero-order valence-electron chi connectivity index (χ0n) is 15.7. The molecule has 0 aromatic heterocycles. The molecule has 146 valence electrons. The van der Waals surface area contributed by atoms with E-state index in [-0.39, 0.29) is 17.7 Å². The summed E-state index contributed by atoms with van der Waals surface area (Å²) in [5.74, 6) is 0.390. The Morgan fingerprint density at radius 3 is 2.55 bits per heavy atom. The Labute approximate surface area is 178 Å². The molecule has 4 rings (SSSR count). The zero-order chi connectivity index (χ0) is 20.4. The van der Waals surface area contributed by atoms with E-state index >= 15 is 0 Å². The van der Waals surface area contributed by atoms with Crippen LogP contribution >= 0.6 is 23.4 Å². The molecule has 3 aromatic rings. The summed E-state index contributed by atoms with van der Waals surface area (Å²) in [6.07, 6.45) is 1.76. The molecule has 0 bridgehead atoms. The van der Waals surface area contributed by atoms with Crippen molar-refractivity contribution in [3.05, 3.63) is 81.7 Å². The summed E-state index contributed by atoms with van der Waals surface area (Å²) in [6, 6.07) is 18.9. The number of amides is 2. The van der Waals surface area contributed by atoms with Crippen molar-refractivity contribution in [1.82, 2.24) is 4.90 Å². The molecule has 29 heavy (non-hydrogen) atoms. The van der Waals surface area contributed by atoms with Gasteiger partial charge in [0.15, 0.2) is 0 Å². The molecule has 0 unspecified atom stereocenters. The molecule has 0 atom stereocenters. The first kappa shape index (κ1) is 19.6. The first-order valence-electron chi connectivity index (χ1n) is 9.21. The Bertz CT molecular complexity index is 1120. The zero-order valence-corrected chi connectivity index (χ0v) is 17.3. The number of rotatable bonds is 5. The van der Waals surface area contributed by atoms with Crippen LogP contribution in [0.3, 0.4) is 0 Å². The molecule has 0 spiro atoms. The van der Waals surface area contributed by atoms with Crippen molar-refractivity contribution in [2.24, 2.45) is 0 Å². The van der Waals surface area contributed by atoms with Crippen LogP contribution in [0.2, 0.25) is 5.02 Å². The van der Waals surface area contributed by atoms with Crippen LogP contribution in [-0.4, -0.2) is 22.7 Å². The Kier molecular flexibility index (Phi) is 5.60. The number of carbonyl (C=O) groups excluding carboxylic acids is 2. The Hall–Kier alpha value is -2.76. The maximum absolute atomic E-state index is 12.9. The van der Waals surface area contributed by atoms with Crippen LogP contribution in [0.15, 0.2) is 65.6 Å². The van der Waals surface area contributed by atoms with Gasteiger partial charge >= 0.3 is 0 Å². The van der Waals surface area contributed by atoms with Crippen LogP contribution in [0.5, 0.6) is 5.75 Å². The predicted octanol–water partition coefficient (Wildman–Crippen LogP) is 6.13. The Balaban J connectivity index is 1.70. The summed E-state index contributed by atoms with van der Waals surface area (Å²) >= 11 is 6.87. The van der Waals surface area contributed by atoms with Gasteiger partial charge in [0.1, 0.15) is 5.75 Å². The van der Waals surface area contributed by atoms with Crippen LogP contribution < -0.4 is 4.74 Å². The van der Waals surface area contributed by atoms with E-state index in [1.54, 1.807) is 18.2 Å². The van der Waals surface area contributed by atoms with Gasteiger partial charge in [-0.2, -0.15) is 0 Å². The first-order chi connectivity index (χ1) is 14.1. The second kappa shape index (κ2) is 8.31. The second-order valence-electron chi connectivity index (χ2n) is 6.53. The van der Waals surface area contributed by atoms with Gasteiger partial charge in [-0.05, 0) is 59.3 Å². The number of halogens is 1. The number of hydrogen-bond acceptors (Lipinski definition) is 4. The van der Waals surface area contributed by atoms with E-state index in [2.05, 4.69) is 0 Å². The standard InChI is InChI=1S/C23H18ClNO3S/c1-2-28-20-12-9-16-5-3-4-6-18(16)19(20)13-21-22(26)25(23(27)29-21)14-15-7-10-17(24)11-8-15/h3-13H,2,14H2,1H3/b21-13-. The van der Waals surface area contributed by atoms with Gasteiger partial charge in [-0.1, -0.05) is 54.1 Å². The van der Waals surface area contributed by atoms with Crippen molar-refractivity contribution in [3.8, 4) is 5.75 Å². The van der Waals surface area contributed by atoms with Crippen LogP contribution in [0.4, 0.5) is 4.79 Å². The van der Waals surface area contributed by atoms with Gasteiger partial charge in [-0.15, -0.1) is 0 Å². The number of ether oxygens (including phenoxy) is 1. The van der Waals surface area contributed by atoms with E-state index in [1.807, 2.05) is 55.5 Å². The lowest BCUT2D eigenvalue weighted by Gasteiger charge is -2.13. The van der Waals surface area contributed by atoms with Crippen LogP contribution in [0.1, 0.15) is 18.1 Å². The molecule has 3 aromatic carbocycles. The van der Waals surface area contributed by atoms with Crippen LogP contribution in [-0.2, 0) is 11.3 Å². The van der Waals surface area contributed by atoms with Gasteiger partial charge in [0.05, 0.1) is 18.1 Å². The molecule has 1 heterocycles. The Morgan fingerprint density at radius 2 is 1.79 bits per heavy atom. The smallest absolute Gasteiger partial charge is 0.293 e. The van der Waals surface area contributed by atoms with Crippen molar-refractivity contribution in [3.63, 3.8) is 0 Å². The van der Waals surface area contributed by atoms with E-state index in [0.29, 0.717) is 22.3 Å². The highest BCUT2D eigenvalue weighted by atomic mass is 35.5. The largest absolute Gasteiger partial charge is 0.493 e. The average Bonchev–Trinajstić information content (AvgIpc) is 2.99. The van der Waals surface area contributed by atoms with Crippen molar-refractivity contribution in [2.45, 2.75) is 13.5 Å². The number of imide groups is 1. The molecule has 6 heteroatoms. The lowest BCUT2D eigenvalue weighted by Crippen LogP contribution is -2.27. The lowest BCUT2D eigenvalue weighted by atomic mass is 10.0. The summed E-state index contributed by atoms with van der Waals surface area (Å²) in [5.41, 5.74) is 1.65. The third-order valence-electron chi connectivity index (χ3n) is 4.63. The van der Waals surface area contributed by atoms with Gasteiger partial charge in [0.2, 0.25) is 0 Å². The maximum Gasteiger partial charge on any atom is 0.293 e. The van der Waals surface area contributed by atoms with E-state index < -0.39 is 0 Å². The number of hydrogen-bond donors (Lipinski definition) is 0. The average molecular weight is 424 g/mol. The summed E-state index contributed by atoms with van der Waals surface area (Å²) in [5, 5.41) is 2.35. The molecule has 0 saturated carbocycles.